The van der Waals surface area contributed by atoms with Crippen molar-refractivity contribution >= 4 is 33.2 Å². The molecule has 1 aromatic rings. The SMILES string of the molecule is CC(C)=CCC/C(C)=C/CC/C(C)=C/CSCC(Nc1cnc[nH]1)C(=O)CS(C)(=O)=O. The minimum absolute atomic E-state index is 0.334. The molecule has 0 saturated carbocycles. The van der Waals surface area contributed by atoms with E-state index in [9.17, 15) is 13.2 Å². The van der Waals surface area contributed by atoms with Crippen molar-refractivity contribution < 1.29 is 13.2 Å². The Morgan fingerprint density at radius 1 is 1.13 bits per heavy atom. The van der Waals surface area contributed by atoms with E-state index in [4.69, 9.17) is 0 Å². The Morgan fingerprint density at radius 3 is 2.35 bits per heavy atom. The molecule has 174 valence electrons. The number of hydrogen-bond donors (Lipinski definition) is 2. The summed E-state index contributed by atoms with van der Waals surface area (Å²) in [6, 6.07) is -0.583. The van der Waals surface area contributed by atoms with Crippen LogP contribution in [0.25, 0.3) is 0 Å². The van der Waals surface area contributed by atoms with Crippen LogP contribution in [0.15, 0.2) is 47.5 Å². The van der Waals surface area contributed by atoms with Gasteiger partial charge in [-0.15, -0.1) is 0 Å². The summed E-state index contributed by atoms with van der Waals surface area (Å²) in [7, 11) is -3.36. The summed E-state index contributed by atoms with van der Waals surface area (Å²) in [5.41, 5.74) is 4.11. The molecule has 2 N–H and O–H groups in total. The molecule has 1 atom stereocenters. The fraction of sp³-hybridized carbons (Fsp3) is 0.565. The molecule has 0 fully saturated rings. The summed E-state index contributed by atoms with van der Waals surface area (Å²) in [6.45, 7) is 8.57. The first-order chi connectivity index (χ1) is 14.6. The fourth-order valence-corrected chi connectivity index (χ4v) is 4.58. The molecular formula is C23H37N3O3S2. The molecule has 0 bridgehead atoms. The first-order valence-corrected chi connectivity index (χ1v) is 13.8. The largest absolute Gasteiger partial charge is 0.360 e. The lowest BCUT2D eigenvalue weighted by atomic mass is 10.1. The molecule has 0 saturated heterocycles. The zero-order valence-corrected chi connectivity index (χ0v) is 21.0. The second-order valence-corrected chi connectivity index (χ2v) is 11.4. The Morgan fingerprint density at radius 2 is 1.77 bits per heavy atom. The van der Waals surface area contributed by atoms with Crippen LogP contribution < -0.4 is 5.32 Å². The first kappa shape index (κ1) is 27.2. The maximum Gasteiger partial charge on any atom is 0.170 e. The zero-order valence-electron chi connectivity index (χ0n) is 19.4. The number of aromatic amines is 1. The number of nitrogens with zero attached hydrogens (tertiary/aromatic N) is 1. The summed E-state index contributed by atoms with van der Waals surface area (Å²) in [4.78, 5) is 19.2. The number of carbonyl (C=O) groups is 1. The molecule has 1 aromatic heterocycles. The van der Waals surface area contributed by atoms with E-state index in [0.29, 0.717) is 11.6 Å². The number of Topliss-reactive ketones (excluding diaryl/α,β-unsaturated/α-hetero) is 1. The summed E-state index contributed by atoms with van der Waals surface area (Å²) >= 11 is 1.61. The van der Waals surface area contributed by atoms with Crippen LogP contribution >= 0.6 is 11.8 Å². The Bertz CT molecular complexity index is 866. The van der Waals surface area contributed by atoms with E-state index in [0.717, 1.165) is 37.7 Å². The van der Waals surface area contributed by atoms with Crippen LogP contribution in [0.3, 0.4) is 0 Å². The highest BCUT2D eigenvalue weighted by Gasteiger charge is 2.22. The maximum atomic E-state index is 12.4. The number of H-pyrrole nitrogens is 1. The van der Waals surface area contributed by atoms with Crippen molar-refractivity contribution in [2.75, 3.05) is 28.8 Å². The normalized spacial score (nSPS) is 13.7. The number of hydrogen-bond acceptors (Lipinski definition) is 6. The van der Waals surface area contributed by atoms with Gasteiger partial charge in [0.2, 0.25) is 0 Å². The second-order valence-electron chi connectivity index (χ2n) is 8.20. The number of anilines is 1. The maximum absolute atomic E-state index is 12.4. The number of nitrogens with one attached hydrogen (secondary N) is 2. The van der Waals surface area contributed by atoms with Gasteiger partial charge in [-0.1, -0.05) is 34.9 Å². The molecule has 0 aromatic carbocycles. The average Bonchev–Trinajstić information content (AvgIpc) is 3.15. The summed E-state index contributed by atoms with van der Waals surface area (Å²) in [5, 5.41) is 3.05. The van der Waals surface area contributed by atoms with E-state index in [1.807, 2.05) is 0 Å². The van der Waals surface area contributed by atoms with Crippen LogP contribution in [0.2, 0.25) is 0 Å². The zero-order chi connectivity index (χ0) is 23.3. The molecule has 0 radical (unpaired) electrons. The highest BCUT2D eigenvalue weighted by Crippen LogP contribution is 2.14. The van der Waals surface area contributed by atoms with Crippen LogP contribution in [0.5, 0.6) is 0 Å². The molecule has 0 aliphatic carbocycles. The van der Waals surface area contributed by atoms with Crippen LogP contribution in [0.1, 0.15) is 53.4 Å². The molecule has 1 rings (SSSR count). The van der Waals surface area contributed by atoms with Crippen LogP contribution in [-0.2, 0) is 14.6 Å². The minimum Gasteiger partial charge on any atom is -0.360 e. The Balaban J connectivity index is 2.46. The van der Waals surface area contributed by atoms with Gasteiger partial charge in [-0.05, 0) is 53.4 Å². The molecule has 6 nitrogen and oxygen atoms in total. The van der Waals surface area contributed by atoms with Gasteiger partial charge in [0.15, 0.2) is 15.6 Å². The van der Waals surface area contributed by atoms with Crippen LogP contribution in [0, 0.1) is 0 Å². The lowest BCUT2D eigenvalue weighted by Crippen LogP contribution is -2.36. The summed E-state index contributed by atoms with van der Waals surface area (Å²) < 4.78 is 23.0. The van der Waals surface area contributed by atoms with Gasteiger partial charge in [-0.3, -0.25) is 4.79 Å². The highest BCUT2D eigenvalue weighted by atomic mass is 32.2. The minimum atomic E-state index is -3.36. The van der Waals surface area contributed by atoms with E-state index in [-0.39, 0.29) is 5.78 Å². The van der Waals surface area contributed by atoms with Gasteiger partial charge in [-0.25, -0.2) is 13.4 Å². The third-order valence-corrected chi connectivity index (χ3v) is 6.36. The third-order valence-electron chi connectivity index (χ3n) is 4.58. The molecule has 0 aliphatic heterocycles. The molecule has 31 heavy (non-hydrogen) atoms. The van der Waals surface area contributed by atoms with Gasteiger partial charge < -0.3 is 10.3 Å². The van der Waals surface area contributed by atoms with Crippen LogP contribution in [0.4, 0.5) is 5.82 Å². The highest BCUT2D eigenvalue weighted by molar-refractivity contribution is 7.99. The van der Waals surface area contributed by atoms with Crippen molar-refractivity contribution in [2.45, 2.75) is 59.4 Å². The van der Waals surface area contributed by atoms with Gasteiger partial charge >= 0.3 is 0 Å². The number of carbonyl (C=O) groups excluding carboxylic acids is 1. The molecule has 8 heteroatoms. The number of sulfone groups is 1. The lowest BCUT2D eigenvalue weighted by molar-refractivity contribution is -0.116. The Labute approximate surface area is 192 Å². The van der Waals surface area contributed by atoms with Crippen molar-refractivity contribution in [3.05, 3.63) is 47.5 Å². The second kappa shape index (κ2) is 14.3. The monoisotopic (exact) mass is 467 g/mol. The average molecular weight is 468 g/mol. The molecule has 1 unspecified atom stereocenters. The first-order valence-electron chi connectivity index (χ1n) is 10.5. The standard InChI is InChI=1S/C23H37N3O3S2/c1-18(2)8-6-9-19(3)10-7-11-20(4)12-13-30-15-21(22(27)16-31(5,28)29)26-23-14-24-17-25-23/h8,10,12,14,17,21,26H,6-7,9,11,13,15-16H2,1-5H3,(H,24,25)/b19-10+,20-12+. The van der Waals surface area contributed by atoms with Crippen molar-refractivity contribution in [3.8, 4) is 0 Å². The molecule has 0 amide bonds. The van der Waals surface area contributed by atoms with Gasteiger partial charge in [0.05, 0.1) is 18.6 Å². The van der Waals surface area contributed by atoms with Crippen molar-refractivity contribution in [1.29, 1.82) is 0 Å². The number of allylic oxidation sites excluding steroid dienone is 5. The molecule has 0 aliphatic rings. The number of ketones is 1. The Hall–Kier alpha value is -1.80. The summed E-state index contributed by atoms with van der Waals surface area (Å²) in [5.74, 6) is 1.07. The van der Waals surface area contributed by atoms with Gasteiger partial charge in [0.25, 0.3) is 0 Å². The number of rotatable bonds is 15. The van der Waals surface area contributed by atoms with Crippen molar-refractivity contribution in [3.63, 3.8) is 0 Å². The number of imidazole rings is 1. The van der Waals surface area contributed by atoms with Gasteiger partial charge in [0.1, 0.15) is 11.6 Å². The van der Waals surface area contributed by atoms with E-state index in [1.54, 1.807) is 18.0 Å². The van der Waals surface area contributed by atoms with E-state index >= 15 is 0 Å². The van der Waals surface area contributed by atoms with E-state index in [2.05, 4.69) is 61.2 Å². The van der Waals surface area contributed by atoms with E-state index < -0.39 is 21.6 Å². The van der Waals surface area contributed by atoms with Gasteiger partial charge in [-0.2, -0.15) is 11.8 Å². The number of aromatic nitrogens is 2. The smallest absolute Gasteiger partial charge is 0.170 e. The van der Waals surface area contributed by atoms with Crippen LogP contribution in [-0.4, -0.2) is 53.7 Å². The predicted octanol–water partition coefficient (Wildman–Crippen LogP) is 4.96. The molecule has 1 heterocycles. The third kappa shape index (κ3) is 14.0. The van der Waals surface area contributed by atoms with E-state index in [1.165, 1.54) is 23.0 Å². The van der Waals surface area contributed by atoms with Crippen molar-refractivity contribution in [2.24, 2.45) is 0 Å². The van der Waals surface area contributed by atoms with Crippen molar-refractivity contribution in [1.82, 2.24) is 9.97 Å². The van der Waals surface area contributed by atoms with Gasteiger partial charge in [0, 0.05) is 17.8 Å². The topological polar surface area (TPSA) is 91.9 Å². The molecular weight excluding hydrogens is 430 g/mol. The quantitative estimate of drug-likeness (QED) is 0.280. The Kier molecular flexibility index (Phi) is 12.6. The fourth-order valence-electron chi connectivity index (χ4n) is 2.82. The summed E-state index contributed by atoms with van der Waals surface area (Å²) in [6.07, 6.45) is 15.2. The number of thioether (sulfide) groups is 1. The molecule has 0 spiro atoms. The predicted molar refractivity (Wildman–Crippen MR) is 133 cm³/mol. The lowest BCUT2D eigenvalue weighted by Gasteiger charge is -2.16.